The average molecular weight is 254 g/mol. The van der Waals surface area contributed by atoms with Gasteiger partial charge in [0, 0.05) is 6.54 Å². The molecule has 3 nitrogen and oxygen atoms in total. The lowest BCUT2D eigenvalue weighted by molar-refractivity contribution is 0.574. The van der Waals surface area contributed by atoms with Gasteiger partial charge in [0.2, 0.25) is 10.0 Å². The molecule has 0 spiro atoms. The number of sulfonamides is 1. The summed E-state index contributed by atoms with van der Waals surface area (Å²) in [5, 5.41) is 0. The van der Waals surface area contributed by atoms with E-state index in [4.69, 9.17) is 0 Å². The Morgan fingerprint density at radius 3 is 2.47 bits per heavy atom. The minimum Gasteiger partial charge on any atom is -0.211 e. The van der Waals surface area contributed by atoms with Gasteiger partial charge in [-0.3, -0.25) is 0 Å². The van der Waals surface area contributed by atoms with Crippen LogP contribution in [0, 0.1) is 6.42 Å². The highest BCUT2D eigenvalue weighted by molar-refractivity contribution is 7.89. The summed E-state index contributed by atoms with van der Waals surface area (Å²) in [4.78, 5) is 0.335. The van der Waals surface area contributed by atoms with Crippen molar-refractivity contribution in [1.82, 2.24) is 4.72 Å². The van der Waals surface area contributed by atoms with E-state index in [9.17, 15) is 8.42 Å². The lowest BCUT2D eigenvalue weighted by Crippen LogP contribution is -2.24. The number of hydrogen-bond acceptors (Lipinski definition) is 2. The Kier molecular flexibility index (Phi) is 6.22. The highest BCUT2D eigenvalue weighted by Crippen LogP contribution is 2.07. The van der Waals surface area contributed by atoms with Crippen molar-refractivity contribution in [2.24, 2.45) is 0 Å². The third-order valence-electron chi connectivity index (χ3n) is 2.52. The fraction of sp³-hybridized carbons (Fsp3) is 0.462. The zero-order chi connectivity index (χ0) is 12.6. The Labute approximate surface area is 104 Å². The lowest BCUT2D eigenvalue weighted by Gasteiger charge is -2.06. The van der Waals surface area contributed by atoms with E-state index in [1.807, 2.05) is 6.92 Å². The van der Waals surface area contributed by atoms with Crippen LogP contribution in [0.15, 0.2) is 35.2 Å². The lowest BCUT2D eigenvalue weighted by atomic mass is 10.2. The van der Waals surface area contributed by atoms with Crippen LogP contribution in [0.25, 0.3) is 0 Å². The molecule has 4 heteroatoms. The Hall–Kier alpha value is -0.870. The van der Waals surface area contributed by atoms with E-state index in [0.717, 1.165) is 25.7 Å². The summed E-state index contributed by atoms with van der Waals surface area (Å²) in [5.41, 5.74) is 0. The van der Waals surface area contributed by atoms with Gasteiger partial charge in [0.1, 0.15) is 0 Å². The van der Waals surface area contributed by atoms with Crippen molar-refractivity contribution in [2.45, 2.75) is 37.5 Å². The van der Waals surface area contributed by atoms with Crippen molar-refractivity contribution in [3.63, 3.8) is 0 Å². The Bertz CT molecular complexity index is 401. The topological polar surface area (TPSA) is 46.2 Å². The number of nitrogens with one attached hydrogen (secondary N) is 1. The normalized spacial score (nSPS) is 11.6. The Morgan fingerprint density at radius 1 is 1.12 bits per heavy atom. The second-order valence-electron chi connectivity index (χ2n) is 3.97. The van der Waals surface area contributed by atoms with Gasteiger partial charge in [0.15, 0.2) is 0 Å². The van der Waals surface area contributed by atoms with Crippen LogP contribution in [0.5, 0.6) is 0 Å². The SMILES string of the molecule is C[CH]CCCCCNS(=O)(=O)c1ccccc1. The maximum Gasteiger partial charge on any atom is 0.240 e. The molecule has 0 aliphatic carbocycles. The van der Waals surface area contributed by atoms with Crippen LogP contribution in [-0.4, -0.2) is 15.0 Å². The predicted octanol–water partition coefficient (Wildman–Crippen LogP) is 2.75. The molecule has 1 aromatic carbocycles. The van der Waals surface area contributed by atoms with Crippen molar-refractivity contribution in [1.29, 1.82) is 0 Å². The molecular weight excluding hydrogens is 234 g/mol. The van der Waals surface area contributed by atoms with Crippen LogP contribution in [0.1, 0.15) is 32.6 Å². The fourth-order valence-corrected chi connectivity index (χ4v) is 2.63. The Morgan fingerprint density at radius 2 is 1.82 bits per heavy atom. The second kappa shape index (κ2) is 7.45. The molecule has 0 saturated heterocycles. The highest BCUT2D eigenvalue weighted by Gasteiger charge is 2.11. The highest BCUT2D eigenvalue weighted by atomic mass is 32.2. The number of rotatable bonds is 8. The first kappa shape index (κ1) is 14.2. The molecule has 1 radical (unpaired) electrons. The zero-order valence-corrected chi connectivity index (χ0v) is 11.0. The standard InChI is InChI=1S/C13H20NO2S/c1-2-3-4-5-9-12-14-17(15,16)13-10-7-6-8-11-13/h2,6-8,10-11,14H,3-5,9,12H2,1H3. The smallest absolute Gasteiger partial charge is 0.211 e. The van der Waals surface area contributed by atoms with Gasteiger partial charge in [-0.2, -0.15) is 0 Å². The molecule has 1 aromatic rings. The predicted molar refractivity (Wildman–Crippen MR) is 70.1 cm³/mol. The molecule has 0 heterocycles. The summed E-state index contributed by atoms with van der Waals surface area (Å²) in [6.07, 6.45) is 6.31. The number of benzene rings is 1. The summed E-state index contributed by atoms with van der Waals surface area (Å²) in [6, 6.07) is 8.47. The summed E-state index contributed by atoms with van der Waals surface area (Å²) in [7, 11) is -3.31. The molecule has 0 aromatic heterocycles. The minimum absolute atomic E-state index is 0.335. The third-order valence-corrected chi connectivity index (χ3v) is 3.99. The van der Waals surface area contributed by atoms with E-state index < -0.39 is 10.0 Å². The van der Waals surface area contributed by atoms with Crippen molar-refractivity contribution < 1.29 is 8.42 Å². The monoisotopic (exact) mass is 254 g/mol. The van der Waals surface area contributed by atoms with Crippen molar-refractivity contribution in [3.8, 4) is 0 Å². The molecule has 95 valence electrons. The zero-order valence-electron chi connectivity index (χ0n) is 10.2. The van der Waals surface area contributed by atoms with Crippen LogP contribution in [0.4, 0.5) is 0 Å². The van der Waals surface area contributed by atoms with Crippen molar-refractivity contribution in [2.75, 3.05) is 6.54 Å². The largest absolute Gasteiger partial charge is 0.240 e. The van der Waals surface area contributed by atoms with Crippen molar-refractivity contribution in [3.05, 3.63) is 36.8 Å². The fourth-order valence-electron chi connectivity index (χ4n) is 1.54. The summed E-state index contributed by atoms with van der Waals surface area (Å²) >= 11 is 0. The molecule has 0 atom stereocenters. The van der Waals surface area contributed by atoms with E-state index in [1.54, 1.807) is 30.3 Å². The van der Waals surface area contributed by atoms with Gasteiger partial charge >= 0.3 is 0 Å². The molecule has 0 aliphatic rings. The molecule has 0 unspecified atom stereocenters. The Balaban J connectivity index is 2.31. The van der Waals surface area contributed by atoms with Crippen LogP contribution >= 0.6 is 0 Å². The van der Waals surface area contributed by atoms with Crippen LogP contribution < -0.4 is 4.72 Å². The molecule has 17 heavy (non-hydrogen) atoms. The van der Waals surface area contributed by atoms with Gasteiger partial charge in [-0.15, -0.1) is 0 Å². The van der Waals surface area contributed by atoms with Crippen LogP contribution in [0.3, 0.4) is 0 Å². The first-order valence-electron chi connectivity index (χ1n) is 5.99. The summed E-state index contributed by atoms with van der Waals surface area (Å²) in [5.74, 6) is 0. The first-order valence-corrected chi connectivity index (χ1v) is 7.47. The molecule has 0 bridgehead atoms. The van der Waals surface area contributed by atoms with E-state index in [0.29, 0.717) is 11.4 Å². The summed E-state index contributed by atoms with van der Waals surface area (Å²) in [6.45, 7) is 2.55. The summed E-state index contributed by atoms with van der Waals surface area (Å²) < 4.78 is 26.2. The molecule has 0 amide bonds. The van der Waals surface area contributed by atoms with Gasteiger partial charge in [0.25, 0.3) is 0 Å². The van der Waals surface area contributed by atoms with Crippen LogP contribution in [0.2, 0.25) is 0 Å². The van der Waals surface area contributed by atoms with Gasteiger partial charge < -0.3 is 0 Å². The maximum atomic E-state index is 11.8. The van der Waals surface area contributed by atoms with Gasteiger partial charge in [-0.25, -0.2) is 13.1 Å². The maximum absolute atomic E-state index is 11.8. The van der Waals surface area contributed by atoms with Gasteiger partial charge in [-0.1, -0.05) is 44.4 Å². The second-order valence-corrected chi connectivity index (χ2v) is 5.74. The first-order chi connectivity index (χ1) is 8.17. The average Bonchev–Trinajstić information content (AvgIpc) is 2.35. The number of hydrogen-bond donors (Lipinski definition) is 1. The van der Waals surface area contributed by atoms with Gasteiger partial charge in [0.05, 0.1) is 4.90 Å². The van der Waals surface area contributed by atoms with Gasteiger partial charge in [-0.05, 0) is 25.0 Å². The molecule has 0 aliphatic heterocycles. The minimum atomic E-state index is -3.31. The molecule has 1 N–H and O–H groups in total. The quantitative estimate of drug-likeness (QED) is 0.725. The van der Waals surface area contributed by atoms with E-state index in [1.165, 1.54) is 0 Å². The van der Waals surface area contributed by atoms with E-state index in [2.05, 4.69) is 11.1 Å². The van der Waals surface area contributed by atoms with E-state index in [-0.39, 0.29) is 0 Å². The molecule has 0 saturated carbocycles. The van der Waals surface area contributed by atoms with Crippen LogP contribution in [-0.2, 0) is 10.0 Å². The third kappa shape index (κ3) is 5.33. The molecular formula is C13H20NO2S. The number of unbranched alkanes of at least 4 members (excludes halogenated alkanes) is 4. The molecule has 0 fully saturated rings. The molecule has 1 rings (SSSR count). The van der Waals surface area contributed by atoms with E-state index >= 15 is 0 Å². The van der Waals surface area contributed by atoms with Crippen molar-refractivity contribution >= 4 is 10.0 Å².